The number of ether oxygens (including phenoxy) is 2. The van der Waals surface area contributed by atoms with E-state index in [1.165, 1.54) is 0 Å². The minimum absolute atomic E-state index is 0.152. The van der Waals surface area contributed by atoms with E-state index in [-0.39, 0.29) is 23.0 Å². The Morgan fingerprint density at radius 3 is 2.75 bits per heavy atom. The van der Waals surface area contributed by atoms with E-state index in [1.807, 2.05) is 6.07 Å². The molecular formula is C19H18BrNO6S. The van der Waals surface area contributed by atoms with Gasteiger partial charge in [-0.2, -0.15) is 0 Å². The van der Waals surface area contributed by atoms with Crippen LogP contribution >= 0.6 is 15.9 Å². The molecule has 2 aromatic rings. The zero-order valence-electron chi connectivity index (χ0n) is 14.7. The van der Waals surface area contributed by atoms with Crippen molar-refractivity contribution in [1.82, 2.24) is 4.72 Å². The van der Waals surface area contributed by atoms with Gasteiger partial charge in [-0.25, -0.2) is 17.9 Å². The number of hydrogen-bond donors (Lipinski definition) is 2. The number of nitrogens with one attached hydrogen (secondary N) is 1. The highest BCUT2D eigenvalue weighted by Crippen LogP contribution is 2.51. The first-order chi connectivity index (χ1) is 13.4. The van der Waals surface area contributed by atoms with E-state index in [0.717, 1.165) is 5.56 Å². The van der Waals surface area contributed by atoms with Gasteiger partial charge in [0, 0.05) is 22.0 Å². The first kappa shape index (κ1) is 19.2. The van der Waals surface area contributed by atoms with Gasteiger partial charge < -0.3 is 14.6 Å². The summed E-state index contributed by atoms with van der Waals surface area (Å²) in [5.41, 5.74) is 0.838. The Balaban J connectivity index is 1.60. The Hall–Kier alpha value is -2.10. The summed E-state index contributed by atoms with van der Waals surface area (Å²) >= 11 is 3.29. The number of hydrogen-bond acceptors (Lipinski definition) is 5. The summed E-state index contributed by atoms with van der Waals surface area (Å²) in [7, 11) is -3.71. The van der Waals surface area contributed by atoms with Crippen molar-refractivity contribution in [2.45, 2.75) is 35.8 Å². The van der Waals surface area contributed by atoms with Gasteiger partial charge in [0.15, 0.2) is 18.1 Å². The molecule has 4 rings (SSSR count). The number of rotatable bonds is 6. The van der Waals surface area contributed by atoms with Crippen molar-refractivity contribution in [3.05, 3.63) is 52.5 Å². The van der Waals surface area contributed by atoms with E-state index >= 15 is 0 Å². The van der Waals surface area contributed by atoms with Crippen LogP contribution in [0.2, 0.25) is 0 Å². The smallest absolute Gasteiger partial charge is 0.341 e. The number of carboxylic acids is 1. The first-order valence-electron chi connectivity index (χ1n) is 8.78. The Bertz CT molecular complexity index is 1020. The van der Waals surface area contributed by atoms with Gasteiger partial charge in [0.25, 0.3) is 0 Å². The average molecular weight is 468 g/mol. The van der Waals surface area contributed by atoms with E-state index in [9.17, 15) is 13.2 Å². The standard InChI is InChI=1S/C19H18BrNO6S/c20-12-5-1-2-7-16(12)28(24,25)21-13-8-9-14-18(13)11-4-3-6-15(19(11)27-14)26-10-17(22)23/h1-7,13-14,18,21H,8-10H2,(H,22,23). The van der Waals surface area contributed by atoms with Crippen molar-refractivity contribution < 1.29 is 27.8 Å². The van der Waals surface area contributed by atoms with E-state index < -0.39 is 22.6 Å². The molecule has 0 amide bonds. The quantitative estimate of drug-likeness (QED) is 0.676. The van der Waals surface area contributed by atoms with Crippen LogP contribution in [0, 0.1) is 0 Å². The molecule has 0 saturated heterocycles. The molecule has 148 valence electrons. The second-order valence-corrected chi connectivity index (χ2v) is 9.31. The molecule has 2 aromatic carbocycles. The SMILES string of the molecule is O=C(O)COc1cccc2c1OC1CCC(NS(=O)(=O)c3ccccc3Br)C21. The average Bonchev–Trinajstić information content (AvgIpc) is 3.20. The zero-order chi connectivity index (χ0) is 19.9. The number of carbonyl (C=O) groups is 1. The second-order valence-electron chi connectivity index (χ2n) is 6.77. The summed E-state index contributed by atoms with van der Waals surface area (Å²) in [5.74, 6) is -0.360. The normalized spacial score (nSPS) is 23.0. The van der Waals surface area contributed by atoms with Gasteiger partial charge >= 0.3 is 5.97 Å². The fourth-order valence-electron chi connectivity index (χ4n) is 3.89. The van der Waals surface area contributed by atoms with Gasteiger partial charge in [0.1, 0.15) is 6.10 Å². The third-order valence-corrected chi connectivity index (χ3v) is 7.52. The summed E-state index contributed by atoms with van der Waals surface area (Å²) in [6, 6.07) is 11.6. The van der Waals surface area contributed by atoms with Crippen LogP contribution in [-0.2, 0) is 14.8 Å². The van der Waals surface area contributed by atoms with E-state index in [2.05, 4.69) is 20.7 Å². The molecule has 1 aliphatic heterocycles. The number of para-hydroxylation sites is 1. The minimum Gasteiger partial charge on any atom is -0.486 e. The van der Waals surface area contributed by atoms with Crippen LogP contribution in [0.5, 0.6) is 11.5 Å². The van der Waals surface area contributed by atoms with Crippen molar-refractivity contribution in [3.63, 3.8) is 0 Å². The Kier molecular flexibility index (Phi) is 5.07. The molecule has 3 atom stereocenters. The molecule has 0 spiro atoms. The predicted octanol–water partition coefficient (Wildman–Crippen LogP) is 2.90. The van der Waals surface area contributed by atoms with Crippen LogP contribution in [0.1, 0.15) is 24.3 Å². The number of aliphatic carboxylic acids is 1. The summed E-state index contributed by atoms with van der Waals surface area (Å²) in [4.78, 5) is 11.0. The maximum absolute atomic E-state index is 12.9. The third-order valence-electron chi connectivity index (χ3n) is 5.02. The second kappa shape index (κ2) is 7.38. The molecule has 0 radical (unpaired) electrons. The molecule has 1 saturated carbocycles. The molecule has 28 heavy (non-hydrogen) atoms. The molecule has 0 aromatic heterocycles. The van der Waals surface area contributed by atoms with Gasteiger partial charge in [-0.3, -0.25) is 0 Å². The van der Waals surface area contributed by atoms with Crippen LogP contribution in [0.15, 0.2) is 51.8 Å². The van der Waals surface area contributed by atoms with Crippen LogP contribution in [0.3, 0.4) is 0 Å². The predicted molar refractivity (Wildman–Crippen MR) is 104 cm³/mol. The summed E-state index contributed by atoms with van der Waals surface area (Å²) in [6.45, 7) is -0.465. The molecular weight excluding hydrogens is 450 g/mol. The molecule has 1 aliphatic carbocycles. The number of benzene rings is 2. The van der Waals surface area contributed by atoms with Gasteiger partial charge in [0.05, 0.1) is 4.90 Å². The highest BCUT2D eigenvalue weighted by molar-refractivity contribution is 9.10. The fraction of sp³-hybridized carbons (Fsp3) is 0.316. The zero-order valence-corrected chi connectivity index (χ0v) is 17.1. The number of sulfonamides is 1. The summed E-state index contributed by atoms with van der Waals surface area (Å²) < 4.78 is 40.4. The lowest BCUT2D eigenvalue weighted by molar-refractivity contribution is -0.139. The number of carboxylic acid groups (broad SMARTS) is 1. The molecule has 9 heteroatoms. The Labute approximate surface area is 170 Å². The van der Waals surface area contributed by atoms with Gasteiger partial charge in [-0.05, 0) is 47.0 Å². The van der Waals surface area contributed by atoms with E-state index in [4.69, 9.17) is 14.6 Å². The first-order valence-corrected chi connectivity index (χ1v) is 11.1. The van der Waals surface area contributed by atoms with Crippen molar-refractivity contribution in [2.75, 3.05) is 6.61 Å². The van der Waals surface area contributed by atoms with Crippen molar-refractivity contribution >= 4 is 31.9 Å². The molecule has 2 aliphatic rings. The van der Waals surface area contributed by atoms with Crippen LogP contribution in [-0.4, -0.2) is 38.2 Å². The topological polar surface area (TPSA) is 102 Å². The van der Waals surface area contributed by atoms with Crippen LogP contribution in [0.4, 0.5) is 0 Å². The van der Waals surface area contributed by atoms with Crippen molar-refractivity contribution in [2.24, 2.45) is 0 Å². The van der Waals surface area contributed by atoms with Gasteiger partial charge in [-0.1, -0.05) is 24.3 Å². The fourth-order valence-corrected chi connectivity index (χ4v) is 6.19. The molecule has 1 fully saturated rings. The van der Waals surface area contributed by atoms with Crippen LogP contribution in [0.25, 0.3) is 0 Å². The van der Waals surface area contributed by atoms with E-state index in [0.29, 0.717) is 28.8 Å². The van der Waals surface area contributed by atoms with Crippen molar-refractivity contribution in [3.8, 4) is 11.5 Å². The van der Waals surface area contributed by atoms with Crippen LogP contribution < -0.4 is 14.2 Å². The Morgan fingerprint density at radius 2 is 2.00 bits per heavy atom. The maximum Gasteiger partial charge on any atom is 0.341 e. The molecule has 1 heterocycles. The lowest BCUT2D eigenvalue weighted by Gasteiger charge is -2.20. The number of halogens is 1. The molecule has 7 nitrogen and oxygen atoms in total. The van der Waals surface area contributed by atoms with Gasteiger partial charge in [0.2, 0.25) is 10.0 Å². The monoisotopic (exact) mass is 467 g/mol. The summed E-state index contributed by atoms with van der Waals surface area (Å²) in [6.07, 6.45) is 1.18. The molecule has 2 N–H and O–H groups in total. The maximum atomic E-state index is 12.9. The molecule has 0 bridgehead atoms. The van der Waals surface area contributed by atoms with E-state index in [1.54, 1.807) is 36.4 Å². The lowest BCUT2D eigenvalue weighted by atomic mass is 9.94. The highest BCUT2D eigenvalue weighted by atomic mass is 79.9. The minimum atomic E-state index is -3.71. The highest BCUT2D eigenvalue weighted by Gasteiger charge is 2.47. The lowest BCUT2D eigenvalue weighted by Crippen LogP contribution is -2.37. The van der Waals surface area contributed by atoms with Crippen molar-refractivity contribution in [1.29, 1.82) is 0 Å². The van der Waals surface area contributed by atoms with Gasteiger partial charge in [-0.15, -0.1) is 0 Å². The molecule has 3 unspecified atom stereocenters. The largest absolute Gasteiger partial charge is 0.486 e. The third kappa shape index (κ3) is 3.49. The summed E-state index contributed by atoms with van der Waals surface area (Å²) in [5, 5.41) is 8.84. The number of fused-ring (bicyclic) bond motifs is 3. The Morgan fingerprint density at radius 1 is 1.21 bits per heavy atom.